The molecular formula is C16H24N2O5S. The molecule has 0 spiro atoms. The summed E-state index contributed by atoms with van der Waals surface area (Å²) >= 11 is 0. The van der Waals surface area contributed by atoms with Gasteiger partial charge in [0, 0.05) is 13.1 Å². The van der Waals surface area contributed by atoms with Crippen LogP contribution in [0.5, 0.6) is 5.75 Å². The maximum absolute atomic E-state index is 11.8. The number of hydrogen-bond donors (Lipinski definition) is 1. The summed E-state index contributed by atoms with van der Waals surface area (Å²) < 4.78 is 33.1. The minimum Gasteiger partial charge on any atom is -0.492 e. The van der Waals surface area contributed by atoms with Gasteiger partial charge >= 0.3 is 5.97 Å². The van der Waals surface area contributed by atoms with Gasteiger partial charge in [-0.25, -0.2) is 13.6 Å². The van der Waals surface area contributed by atoms with Crippen LogP contribution in [-0.4, -0.2) is 52.1 Å². The zero-order chi connectivity index (χ0) is 17.6. The van der Waals surface area contributed by atoms with Gasteiger partial charge in [0.25, 0.3) is 0 Å². The van der Waals surface area contributed by atoms with Crippen molar-refractivity contribution in [1.29, 1.82) is 0 Å². The normalized spacial score (nSPS) is 19.0. The first-order valence-electron chi connectivity index (χ1n) is 8.05. The van der Waals surface area contributed by atoms with Crippen molar-refractivity contribution in [2.45, 2.75) is 24.7 Å². The molecule has 0 amide bonds. The molecule has 1 aliphatic heterocycles. The van der Waals surface area contributed by atoms with Crippen molar-refractivity contribution in [3.63, 3.8) is 0 Å². The standard InChI is InChI=1S/C16H24N2O5S/c1-2-22-16(19)13-4-3-9-18(12-13)10-11-23-14-5-7-15(8-6-14)24(17,20)21/h5-8,13H,2-4,9-12H2,1H3,(H2,17,20,21). The van der Waals surface area contributed by atoms with E-state index in [0.29, 0.717) is 32.1 Å². The number of carbonyl (C=O) groups excluding carboxylic acids is 1. The highest BCUT2D eigenvalue weighted by Gasteiger charge is 2.26. The largest absolute Gasteiger partial charge is 0.492 e. The molecule has 134 valence electrons. The molecule has 1 saturated heterocycles. The highest BCUT2D eigenvalue weighted by molar-refractivity contribution is 7.89. The topological polar surface area (TPSA) is 98.9 Å². The number of carbonyl (C=O) groups is 1. The molecule has 7 nitrogen and oxygen atoms in total. The molecule has 1 heterocycles. The van der Waals surface area contributed by atoms with Gasteiger partial charge in [-0.2, -0.15) is 0 Å². The van der Waals surface area contributed by atoms with Crippen LogP contribution in [0.3, 0.4) is 0 Å². The van der Waals surface area contributed by atoms with Crippen molar-refractivity contribution in [3.8, 4) is 5.75 Å². The minimum absolute atomic E-state index is 0.0585. The Kier molecular flexibility index (Phi) is 6.59. The summed E-state index contributed by atoms with van der Waals surface area (Å²) in [5.74, 6) is 0.399. The van der Waals surface area contributed by atoms with E-state index in [1.165, 1.54) is 12.1 Å². The quantitative estimate of drug-likeness (QED) is 0.732. The van der Waals surface area contributed by atoms with Crippen LogP contribution in [0, 0.1) is 5.92 Å². The van der Waals surface area contributed by atoms with E-state index in [9.17, 15) is 13.2 Å². The first-order chi connectivity index (χ1) is 11.4. The van der Waals surface area contributed by atoms with Crippen molar-refractivity contribution >= 4 is 16.0 Å². The van der Waals surface area contributed by atoms with Gasteiger partial charge in [0.2, 0.25) is 10.0 Å². The molecule has 1 fully saturated rings. The van der Waals surface area contributed by atoms with Crippen LogP contribution < -0.4 is 9.88 Å². The third-order valence-corrected chi connectivity index (χ3v) is 4.88. The molecule has 2 rings (SSSR count). The Labute approximate surface area is 142 Å². The third kappa shape index (κ3) is 5.47. The van der Waals surface area contributed by atoms with Gasteiger partial charge < -0.3 is 9.47 Å². The minimum atomic E-state index is -3.68. The number of hydrogen-bond acceptors (Lipinski definition) is 6. The molecule has 0 radical (unpaired) electrons. The van der Waals surface area contributed by atoms with Crippen LogP contribution in [0.15, 0.2) is 29.2 Å². The van der Waals surface area contributed by atoms with Crippen molar-refractivity contribution in [2.24, 2.45) is 11.1 Å². The Morgan fingerprint density at radius 3 is 2.67 bits per heavy atom. The van der Waals surface area contributed by atoms with Gasteiger partial charge in [-0.3, -0.25) is 9.69 Å². The molecule has 1 aliphatic rings. The molecule has 0 aliphatic carbocycles. The summed E-state index contributed by atoms with van der Waals surface area (Å²) in [6.45, 7) is 5.01. The molecule has 1 atom stereocenters. The van der Waals surface area contributed by atoms with Gasteiger partial charge in [-0.15, -0.1) is 0 Å². The van der Waals surface area contributed by atoms with E-state index in [4.69, 9.17) is 14.6 Å². The number of likely N-dealkylation sites (tertiary alicyclic amines) is 1. The number of nitrogens with two attached hydrogens (primary N) is 1. The van der Waals surface area contributed by atoms with E-state index < -0.39 is 10.0 Å². The Morgan fingerprint density at radius 1 is 1.33 bits per heavy atom. The van der Waals surface area contributed by atoms with Gasteiger partial charge in [0.15, 0.2) is 0 Å². The van der Waals surface area contributed by atoms with E-state index in [-0.39, 0.29) is 16.8 Å². The summed E-state index contributed by atoms with van der Waals surface area (Å²) in [5, 5.41) is 5.05. The number of sulfonamides is 1. The number of rotatable bonds is 7. The second kappa shape index (κ2) is 8.46. The molecular weight excluding hydrogens is 332 g/mol. The van der Waals surface area contributed by atoms with E-state index in [2.05, 4.69) is 4.90 Å². The van der Waals surface area contributed by atoms with E-state index in [0.717, 1.165) is 19.4 Å². The monoisotopic (exact) mass is 356 g/mol. The molecule has 1 aromatic carbocycles. The Morgan fingerprint density at radius 2 is 2.04 bits per heavy atom. The SMILES string of the molecule is CCOC(=O)C1CCCN(CCOc2ccc(S(N)(=O)=O)cc2)C1. The van der Waals surface area contributed by atoms with Crippen LogP contribution in [0.25, 0.3) is 0 Å². The Bertz CT molecular complexity index is 645. The number of nitrogens with zero attached hydrogens (tertiary/aromatic N) is 1. The maximum Gasteiger partial charge on any atom is 0.310 e. The van der Waals surface area contributed by atoms with E-state index >= 15 is 0 Å². The lowest BCUT2D eigenvalue weighted by molar-refractivity contribution is -0.150. The fourth-order valence-corrected chi connectivity index (χ4v) is 3.24. The summed E-state index contributed by atoms with van der Waals surface area (Å²) in [6, 6.07) is 6.00. The van der Waals surface area contributed by atoms with Gasteiger partial charge in [-0.05, 0) is 50.6 Å². The molecule has 24 heavy (non-hydrogen) atoms. The number of esters is 1. The molecule has 2 N–H and O–H groups in total. The fraction of sp³-hybridized carbons (Fsp3) is 0.562. The predicted octanol–water partition coefficient (Wildman–Crippen LogP) is 0.988. The van der Waals surface area contributed by atoms with Gasteiger partial charge in [-0.1, -0.05) is 0 Å². The lowest BCUT2D eigenvalue weighted by atomic mass is 9.98. The van der Waals surface area contributed by atoms with Crippen molar-refractivity contribution in [3.05, 3.63) is 24.3 Å². The zero-order valence-electron chi connectivity index (χ0n) is 13.8. The summed E-state index contributed by atoms with van der Waals surface area (Å²) in [7, 11) is -3.68. The highest BCUT2D eigenvalue weighted by Crippen LogP contribution is 2.18. The number of ether oxygens (including phenoxy) is 2. The zero-order valence-corrected chi connectivity index (χ0v) is 14.6. The molecule has 8 heteroatoms. The fourth-order valence-electron chi connectivity index (χ4n) is 2.73. The molecule has 1 aromatic rings. The molecule has 1 unspecified atom stereocenters. The molecule has 0 aromatic heterocycles. The Hall–Kier alpha value is -1.64. The second-order valence-electron chi connectivity index (χ2n) is 5.76. The van der Waals surface area contributed by atoms with Crippen LogP contribution in [0.2, 0.25) is 0 Å². The number of piperidine rings is 1. The Balaban J connectivity index is 1.78. The van der Waals surface area contributed by atoms with Crippen LogP contribution in [-0.2, 0) is 19.6 Å². The van der Waals surface area contributed by atoms with E-state index in [1.54, 1.807) is 12.1 Å². The van der Waals surface area contributed by atoms with Crippen LogP contribution >= 0.6 is 0 Å². The maximum atomic E-state index is 11.8. The van der Waals surface area contributed by atoms with Crippen LogP contribution in [0.1, 0.15) is 19.8 Å². The lowest BCUT2D eigenvalue weighted by Gasteiger charge is -2.31. The second-order valence-corrected chi connectivity index (χ2v) is 7.32. The van der Waals surface area contributed by atoms with Crippen molar-refractivity contribution in [1.82, 2.24) is 4.90 Å². The average molecular weight is 356 g/mol. The molecule has 0 saturated carbocycles. The predicted molar refractivity (Wildman–Crippen MR) is 89.1 cm³/mol. The lowest BCUT2D eigenvalue weighted by Crippen LogP contribution is -2.41. The van der Waals surface area contributed by atoms with Crippen molar-refractivity contribution < 1.29 is 22.7 Å². The van der Waals surface area contributed by atoms with Gasteiger partial charge in [0.05, 0.1) is 17.4 Å². The summed E-state index contributed by atoms with van der Waals surface area (Å²) in [6.07, 6.45) is 1.83. The first kappa shape index (κ1) is 18.7. The summed E-state index contributed by atoms with van der Waals surface area (Å²) in [5.41, 5.74) is 0. The number of benzene rings is 1. The van der Waals surface area contributed by atoms with Crippen LogP contribution in [0.4, 0.5) is 0 Å². The number of primary sulfonamides is 1. The highest BCUT2D eigenvalue weighted by atomic mass is 32.2. The third-order valence-electron chi connectivity index (χ3n) is 3.95. The summed E-state index contributed by atoms with van der Waals surface area (Å²) in [4.78, 5) is 14.1. The average Bonchev–Trinajstić information content (AvgIpc) is 2.55. The van der Waals surface area contributed by atoms with Gasteiger partial charge in [0.1, 0.15) is 12.4 Å². The molecule has 0 bridgehead atoms. The smallest absolute Gasteiger partial charge is 0.310 e. The van der Waals surface area contributed by atoms with E-state index in [1.807, 2.05) is 6.92 Å². The van der Waals surface area contributed by atoms with Crippen molar-refractivity contribution in [2.75, 3.05) is 32.8 Å². The first-order valence-corrected chi connectivity index (χ1v) is 9.59.